The van der Waals surface area contributed by atoms with E-state index in [1.165, 1.54) is 16.9 Å². The van der Waals surface area contributed by atoms with E-state index in [-0.39, 0.29) is 38.2 Å². The van der Waals surface area contributed by atoms with Gasteiger partial charge in [-0.1, -0.05) is 0 Å². The number of aliphatic hydroxyl groups excluding tert-OH is 2. The Morgan fingerprint density at radius 1 is 0.920 bits per heavy atom. The largest absolute Gasteiger partial charge is 0.382 e. The van der Waals surface area contributed by atoms with Crippen LogP contribution < -0.4 is 0 Å². The number of methoxy groups -OCH3 is 1. The Labute approximate surface area is 147 Å². The van der Waals surface area contributed by atoms with Crippen molar-refractivity contribution >= 4 is 11.8 Å². The van der Waals surface area contributed by atoms with Gasteiger partial charge < -0.3 is 34.2 Å². The fourth-order valence-corrected chi connectivity index (χ4v) is 3.01. The monoisotopic (exact) mass is 360 g/mol. The maximum absolute atomic E-state index is 11.6. The minimum Gasteiger partial charge on any atom is -0.382 e. The third-order valence-electron chi connectivity index (χ3n) is 4.34. The van der Waals surface area contributed by atoms with Crippen molar-refractivity contribution in [2.75, 3.05) is 46.6 Å². The van der Waals surface area contributed by atoms with E-state index in [0.29, 0.717) is 25.9 Å². The first-order chi connectivity index (χ1) is 12.0. The highest BCUT2D eigenvalue weighted by Crippen LogP contribution is 2.14. The zero-order chi connectivity index (χ0) is 18.2. The van der Waals surface area contributed by atoms with E-state index in [1.54, 1.807) is 0 Å². The summed E-state index contributed by atoms with van der Waals surface area (Å²) in [5, 5.41) is 20.0. The van der Waals surface area contributed by atoms with Crippen molar-refractivity contribution < 1.29 is 34.0 Å². The van der Waals surface area contributed by atoms with Gasteiger partial charge in [0.05, 0.1) is 26.4 Å². The Balaban J connectivity index is 1.68. The van der Waals surface area contributed by atoms with E-state index >= 15 is 0 Å². The molecule has 3 atom stereocenters. The Bertz CT molecular complexity index is 448. The van der Waals surface area contributed by atoms with E-state index in [4.69, 9.17) is 14.2 Å². The van der Waals surface area contributed by atoms with Gasteiger partial charge in [0.2, 0.25) is 11.8 Å². The first-order valence-corrected chi connectivity index (χ1v) is 8.66. The van der Waals surface area contributed by atoms with Gasteiger partial charge in [0.15, 0.2) is 12.5 Å². The zero-order valence-electron chi connectivity index (χ0n) is 14.6. The van der Waals surface area contributed by atoms with Gasteiger partial charge in [-0.3, -0.25) is 9.59 Å². The van der Waals surface area contributed by atoms with Crippen LogP contribution >= 0.6 is 0 Å². The van der Waals surface area contributed by atoms with E-state index in [9.17, 15) is 19.8 Å². The van der Waals surface area contributed by atoms with Crippen LogP contribution in [0.3, 0.4) is 0 Å². The molecule has 0 aromatic heterocycles. The molecule has 2 aliphatic rings. The van der Waals surface area contributed by atoms with E-state index in [2.05, 4.69) is 0 Å². The topological polar surface area (TPSA) is 109 Å². The minimum absolute atomic E-state index is 0.0114. The summed E-state index contributed by atoms with van der Waals surface area (Å²) < 4.78 is 16.1. The summed E-state index contributed by atoms with van der Waals surface area (Å²) in [5.41, 5.74) is 0. The molecule has 2 fully saturated rings. The van der Waals surface area contributed by atoms with Crippen LogP contribution in [0.25, 0.3) is 0 Å². The summed E-state index contributed by atoms with van der Waals surface area (Å²) in [7, 11) is 1.52. The summed E-state index contributed by atoms with van der Waals surface area (Å²) in [6, 6.07) is 0. The molecule has 25 heavy (non-hydrogen) atoms. The lowest BCUT2D eigenvalue weighted by molar-refractivity contribution is -0.151. The molecule has 2 rings (SSSR count). The van der Waals surface area contributed by atoms with Gasteiger partial charge in [-0.25, -0.2) is 0 Å². The highest BCUT2D eigenvalue weighted by Gasteiger charge is 2.28. The fourth-order valence-electron chi connectivity index (χ4n) is 3.01. The number of hydrogen-bond acceptors (Lipinski definition) is 7. The normalized spacial score (nSPS) is 21.9. The van der Waals surface area contributed by atoms with Crippen molar-refractivity contribution in [3.63, 3.8) is 0 Å². The molecule has 0 aromatic carbocycles. The van der Waals surface area contributed by atoms with Gasteiger partial charge in [0, 0.05) is 33.0 Å². The lowest BCUT2D eigenvalue weighted by atomic mass is 10.4. The summed E-state index contributed by atoms with van der Waals surface area (Å²) in [6.45, 7) is 1.42. The molecule has 0 bridgehead atoms. The third kappa shape index (κ3) is 5.89. The van der Waals surface area contributed by atoms with Crippen LogP contribution in [0.1, 0.15) is 25.7 Å². The quantitative estimate of drug-likeness (QED) is 0.482. The van der Waals surface area contributed by atoms with Gasteiger partial charge in [0.1, 0.15) is 6.10 Å². The molecule has 0 radical (unpaired) electrons. The van der Waals surface area contributed by atoms with Crippen molar-refractivity contribution in [3.05, 3.63) is 0 Å². The highest BCUT2D eigenvalue weighted by atomic mass is 16.6. The summed E-state index contributed by atoms with van der Waals surface area (Å²) in [6.07, 6.45) is 0.00687. The average Bonchev–Trinajstić information content (AvgIpc) is 3.20. The SMILES string of the molecule is COCC(COCC(O)N1CCCC1=O)OCC(O)N1CCCC1=O. The Hall–Kier alpha value is -1.26. The Kier molecular flexibility index (Phi) is 8.04. The van der Waals surface area contributed by atoms with Crippen LogP contribution in [0, 0.1) is 0 Å². The third-order valence-corrected chi connectivity index (χ3v) is 4.34. The number of rotatable bonds is 11. The van der Waals surface area contributed by atoms with Crippen LogP contribution in [0.15, 0.2) is 0 Å². The van der Waals surface area contributed by atoms with E-state index < -0.39 is 18.6 Å². The van der Waals surface area contributed by atoms with Crippen molar-refractivity contribution in [1.82, 2.24) is 9.80 Å². The summed E-state index contributed by atoms with van der Waals surface area (Å²) >= 11 is 0. The van der Waals surface area contributed by atoms with Gasteiger partial charge in [-0.2, -0.15) is 0 Å². The van der Waals surface area contributed by atoms with Gasteiger partial charge in [0.25, 0.3) is 0 Å². The number of carbonyl (C=O) groups excluding carboxylic acids is 2. The number of aliphatic hydroxyl groups is 2. The van der Waals surface area contributed by atoms with Crippen molar-refractivity contribution in [2.45, 2.75) is 44.2 Å². The molecule has 2 aliphatic heterocycles. The fraction of sp³-hybridized carbons (Fsp3) is 0.875. The van der Waals surface area contributed by atoms with Crippen LogP contribution in [0.5, 0.6) is 0 Å². The average molecular weight is 360 g/mol. The molecule has 2 heterocycles. The molecule has 2 amide bonds. The highest BCUT2D eigenvalue weighted by molar-refractivity contribution is 5.78. The Morgan fingerprint density at radius 3 is 1.96 bits per heavy atom. The van der Waals surface area contributed by atoms with Crippen LogP contribution in [-0.4, -0.2) is 97.0 Å². The molecule has 0 spiro atoms. The van der Waals surface area contributed by atoms with Crippen molar-refractivity contribution in [3.8, 4) is 0 Å². The minimum atomic E-state index is -0.984. The first kappa shape index (κ1) is 20.1. The maximum Gasteiger partial charge on any atom is 0.224 e. The van der Waals surface area contributed by atoms with Crippen LogP contribution in [0.2, 0.25) is 0 Å². The molecular weight excluding hydrogens is 332 g/mol. The zero-order valence-corrected chi connectivity index (χ0v) is 14.6. The van der Waals surface area contributed by atoms with Crippen LogP contribution in [-0.2, 0) is 23.8 Å². The number of hydrogen-bond donors (Lipinski definition) is 2. The predicted octanol–water partition coefficient (Wildman–Crippen LogP) is -1.08. The van der Waals surface area contributed by atoms with E-state index in [0.717, 1.165) is 12.8 Å². The number of nitrogens with zero attached hydrogens (tertiary/aromatic N) is 2. The Morgan fingerprint density at radius 2 is 1.48 bits per heavy atom. The molecule has 144 valence electrons. The maximum atomic E-state index is 11.6. The molecule has 9 heteroatoms. The van der Waals surface area contributed by atoms with Crippen molar-refractivity contribution in [2.24, 2.45) is 0 Å². The molecule has 3 unspecified atom stereocenters. The van der Waals surface area contributed by atoms with E-state index in [1.807, 2.05) is 0 Å². The smallest absolute Gasteiger partial charge is 0.224 e. The summed E-state index contributed by atoms with van der Waals surface area (Å²) in [5.74, 6) is -0.145. The lowest BCUT2D eigenvalue weighted by Gasteiger charge is -2.26. The molecule has 9 nitrogen and oxygen atoms in total. The molecule has 0 saturated carbocycles. The molecule has 0 aliphatic carbocycles. The number of ether oxygens (including phenoxy) is 3. The lowest BCUT2D eigenvalue weighted by Crippen LogP contribution is -2.42. The van der Waals surface area contributed by atoms with Gasteiger partial charge in [-0.05, 0) is 12.8 Å². The van der Waals surface area contributed by atoms with Gasteiger partial charge in [-0.15, -0.1) is 0 Å². The molecule has 2 N–H and O–H groups in total. The molecular formula is C16H28N2O7. The second-order valence-electron chi connectivity index (χ2n) is 6.29. The number of amides is 2. The van der Waals surface area contributed by atoms with Crippen LogP contribution in [0.4, 0.5) is 0 Å². The van der Waals surface area contributed by atoms with Crippen molar-refractivity contribution in [1.29, 1.82) is 0 Å². The predicted molar refractivity (Wildman–Crippen MR) is 86.3 cm³/mol. The summed E-state index contributed by atoms with van der Waals surface area (Å²) in [4.78, 5) is 25.9. The van der Waals surface area contributed by atoms with Gasteiger partial charge >= 0.3 is 0 Å². The molecule has 0 aromatic rings. The number of carbonyl (C=O) groups is 2. The first-order valence-electron chi connectivity index (χ1n) is 8.66. The second-order valence-corrected chi connectivity index (χ2v) is 6.29. The second kappa shape index (κ2) is 10.0. The molecule has 2 saturated heterocycles. The number of likely N-dealkylation sites (tertiary alicyclic amines) is 2. The standard InChI is InChI=1S/C16H28N2O7/c1-23-8-12(25-11-16(22)18-7-3-5-14(18)20)9-24-10-15(21)17-6-2-4-13(17)19/h12,15-16,21-22H,2-11H2,1H3.